The first-order chi connectivity index (χ1) is 15.8. The minimum atomic E-state index is -1.18. The highest BCUT2D eigenvalue weighted by atomic mass is 32.2. The molecule has 0 spiro atoms. The van der Waals surface area contributed by atoms with Crippen molar-refractivity contribution in [2.75, 3.05) is 18.6 Å². The number of nitrogens with one attached hydrogen (secondary N) is 1. The Hall–Kier alpha value is -3.45. The van der Waals surface area contributed by atoms with Gasteiger partial charge < -0.3 is 21.0 Å². The minimum absolute atomic E-state index is 0.0388. The number of thiazole rings is 1. The number of thioether (sulfide) groups is 1. The molecule has 2 aromatic rings. The number of fused-ring (bicyclic) bond motifs is 1. The zero-order valence-electron chi connectivity index (χ0n) is 17.7. The number of carboxylic acids is 1. The number of carbonyl (C=O) groups excluding carboxylic acids is 2. The summed E-state index contributed by atoms with van der Waals surface area (Å²) in [5.41, 5.74) is 7.29. The molecule has 1 fully saturated rings. The molecule has 4 rings (SSSR count). The van der Waals surface area contributed by atoms with E-state index < -0.39 is 29.2 Å². The fourth-order valence-corrected chi connectivity index (χ4v) is 5.53. The Morgan fingerprint density at radius 3 is 2.88 bits per heavy atom. The number of rotatable bonds is 7. The van der Waals surface area contributed by atoms with Gasteiger partial charge in [-0.2, -0.15) is 4.57 Å². The smallest absolute Gasteiger partial charge is 0.352 e. The van der Waals surface area contributed by atoms with Gasteiger partial charge in [-0.1, -0.05) is 11.2 Å². The Bertz CT molecular complexity index is 1190. The Labute approximate surface area is 196 Å². The van der Waals surface area contributed by atoms with Gasteiger partial charge in [0.05, 0.1) is 0 Å². The van der Waals surface area contributed by atoms with Gasteiger partial charge in [-0.25, -0.2) is 9.78 Å². The molecule has 0 unspecified atom stereocenters. The van der Waals surface area contributed by atoms with Crippen molar-refractivity contribution in [1.82, 2.24) is 15.2 Å². The maximum Gasteiger partial charge on any atom is 0.352 e. The van der Waals surface area contributed by atoms with Crippen molar-refractivity contribution in [3.8, 4) is 0 Å². The number of β-lactam (4-membered cyclic amide) rings is 1. The van der Waals surface area contributed by atoms with Crippen LogP contribution in [0.3, 0.4) is 0 Å². The summed E-state index contributed by atoms with van der Waals surface area (Å²) in [5.74, 6) is -1.93. The molecule has 0 bridgehead atoms. The summed E-state index contributed by atoms with van der Waals surface area (Å²) in [7, 11) is 1.29. The van der Waals surface area contributed by atoms with Crippen molar-refractivity contribution in [3.63, 3.8) is 0 Å². The maximum atomic E-state index is 12.9. The molecule has 0 aromatic carbocycles. The van der Waals surface area contributed by atoms with E-state index in [9.17, 15) is 19.5 Å². The van der Waals surface area contributed by atoms with E-state index in [-0.39, 0.29) is 22.2 Å². The first-order valence-corrected chi connectivity index (χ1v) is 11.7. The number of anilines is 1. The van der Waals surface area contributed by atoms with Crippen LogP contribution < -0.4 is 15.6 Å². The van der Waals surface area contributed by atoms with Crippen LogP contribution in [0.1, 0.15) is 11.4 Å². The predicted molar refractivity (Wildman–Crippen MR) is 121 cm³/mol. The van der Waals surface area contributed by atoms with Gasteiger partial charge in [0.1, 0.15) is 29.9 Å². The predicted octanol–water partition coefficient (Wildman–Crippen LogP) is 0.111. The van der Waals surface area contributed by atoms with Crippen LogP contribution in [0.15, 0.2) is 46.2 Å². The molecule has 33 heavy (non-hydrogen) atoms. The lowest BCUT2D eigenvalue weighted by Gasteiger charge is -2.49. The second-order valence-electron chi connectivity index (χ2n) is 7.28. The van der Waals surface area contributed by atoms with Gasteiger partial charge in [0.15, 0.2) is 29.3 Å². The van der Waals surface area contributed by atoms with Crippen LogP contribution in [0.4, 0.5) is 5.13 Å². The van der Waals surface area contributed by atoms with Gasteiger partial charge in [-0.3, -0.25) is 14.5 Å². The Morgan fingerprint density at radius 2 is 2.24 bits per heavy atom. The van der Waals surface area contributed by atoms with Crippen molar-refractivity contribution in [2.45, 2.75) is 24.9 Å². The van der Waals surface area contributed by atoms with Crippen LogP contribution in [0.25, 0.3) is 0 Å². The average molecular weight is 490 g/mol. The van der Waals surface area contributed by atoms with Gasteiger partial charge in [-0.15, -0.1) is 23.1 Å². The number of aliphatic carboxylic acids is 1. The van der Waals surface area contributed by atoms with Gasteiger partial charge in [0.2, 0.25) is 0 Å². The van der Waals surface area contributed by atoms with Crippen LogP contribution in [-0.2, 0) is 25.8 Å². The monoisotopic (exact) mass is 489 g/mol. The number of oxime groups is 1. The second-order valence-corrected chi connectivity index (χ2v) is 9.28. The number of carbonyl (C=O) groups is 3. The summed E-state index contributed by atoms with van der Waals surface area (Å²) in [4.78, 5) is 47.8. The summed E-state index contributed by atoms with van der Waals surface area (Å²) < 4.78 is 1.93. The number of aryl methyl sites for hydroxylation is 1. The molecule has 0 saturated carbocycles. The molecule has 2 aliphatic rings. The van der Waals surface area contributed by atoms with Crippen LogP contribution >= 0.6 is 23.1 Å². The molecule has 1 saturated heterocycles. The van der Waals surface area contributed by atoms with E-state index in [1.807, 2.05) is 35.9 Å². The maximum absolute atomic E-state index is 12.9. The van der Waals surface area contributed by atoms with Crippen LogP contribution in [0, 0.1) is 6.92 Å². The zero-order chi connectivity index (χ0) is 23.7. The number of nitrogens with two attached hydrogens (primary N) is 1. The Balaban J connectivity index is 1.54. The number of carboxylic acid groups (broad SMARTS) is 1. The van der Waals surface area contributed by atoms with E-state index in [0.29, 0.717) is 17.9 Å². The molecule has 13 heteroatoms. The third kappa shape index (κ3) is 4.28. The Kier molecular flexibility index (Phi) is 6.33. The van der Waals surface area contributed by atoms with E-state index in [0.717, 1.165) is 17.0 Å². The number of aromatic nitrogens is 2. The van der Waals surface area contributed by atoms with Crippen molar-refractivity contribution in [3.05, 3.63) is 52.4 Å². The Morgan fingerprint density at radius 1 is 1.45 bits per heavy atom. The van der Waals surface area contributed by atoms with E-state index in [2.05, 4.69) is 15.5 Å². The highest BCUT2D eigenvalue weighted by Gasteiger charge is 2.54. The van der Waals surface area contributed by atoms with Crippen LogP contribution in [-0.4, -0.2) is 62.8 Å². The van der Waals surface area contributed by atoms with Gasteiger partial charge in [-0.05, 0) is 0 Å². The molecule has 4 heterocycles. The number of pyridine rings is 1. The molecule has 11 nitrogen and oxygen atoms in total. The molecule has 2 amide bonds. The van der Waals surface area contributed by atoms with Crippen molar-refractivity contribution in [2.24, 2.45) is 5.16 Å². The van der Waals surface area contributed by atoms with Gasteiger partial charge in [0, 0.05) is 35.8 Å². The third-order valence-corrected chi connectivity index (χ3v) is 7.24. The highest BCUT2D eigenvalue weighted by Crippen LogP contribution is 2.40. The van der Waals surface area contributed by atoms with Gasteiger partial charge >= 0.3 is 5.97 Å². The topological polar surface area (TPSA) is 151 Å². The first-order valence-electron chi connectivity index (χ1n) is 9.80. The van der Waals surface area contributed by atoms with E-state index in [1.165, 1.54) is 23.8 Å². The van der Waals surface area contributed by atoms with Gasteiger partial charge in [0.25, 0.3) is 11.8 Å². The molecule has 2 aromatic heterocycles. The quantitative estimate of drug-likeness (QED) is 0.215. The molecule has 0 aliphatic carbocycles. The lowest BCUT2D eigenvalue weighted by Crippen LogP contribution is -2.71. The zero-order valence-corrected chi connectivity index (χ0v) is 19.4. The summed E-state index contributed by atoms with van der Waals surface area (Å²) in [6.45, 7) is 2.28. The summed E-state index contributed by atoms with van der Waals surface area (Å²) in [6.07, 6.45) is 1.86. The third-order valence-electron chi connectivity index (χ3n) is 5.23. The van der Waals surface area contributed by atoms with Crippen LogP contribution in [0.5, 0.6) is 0 Å². The van der Waals surface area contributed by atoms with Crippen molar-refractivity contribution < 1.29 is 28.9 Å². The fourth-order valence-electron chi connectivity index (χ4n) is 3.65. The normalized spacial score (nSPS) is 20.2. The van der Waals surface area contributed by atoms with E-state index in [4.69, 9.17) is 10.6 Å². The first kappa shape index (κ1) is 22.7. The summed E-state index contributed by atoms with van der Waals surface area (Å²) in [6, 6.07) is 4.79. The fraction of sp³-hybridized carbons (Fsp3) is 0.300. The molecule has 4 N–H and O–H groups in total. The van der Waals surface area contributed by atoms with E-state index in [1.54, 1.807) is 5.38 Å². The molecular formula is C20H21N6O5S2+. The largest absolute Gasteiger partial charge is 0.477 e. The molecular weight excluding hydrogens is 468 g/mol. The average Bonchev–Trinajstić information content (AvgIpc) is 3.22. The molecule has 172 valence electrons. The number of nitrogens with zero attached hydrogens (tertiary/aromatic N) is 4. The molecule has 2 aliphatic heterocycles. The van der Waals surface area contributed by atoms with E-state index >= 15 is 0 Å². The van der Waals surface area contributed by atoms with Crippen molar-refractivity contribution in [1.29, 1.82) is 0 Å². The number of nitrogen functional groups attached to an aromatic ring is 1. The number of hydrogen-bond acceptors (Lipinski definition) is 9. The lowest BCUT2D eigenvalue weighted by atomic mass is 10.0. The molecule has 0 radical (unpaired) electrons. The standard InChI is InChI=1S/C20H20N6O5S2/c1-10-5-3-4-6-25(10)7-11-8-32-18-14(17(28)26(18)15(11)19(29)30)23-16(27)13(24-31-2)12-9-33-20(21)22-12/h3-6,9,14,18H,7-8H2,1-2H3,(H3-,21,22,23,27,29,30)/p+1/b24-13-/t14-,18-/m1/s1. The molecule has 2 atom stereocenters. The minimum Gasteiger partial charge on any atom is -0.477 e. The van der Waals surface area contributed by atoms with Crippen molar-refractivity contribution >= 4 is 51.7 Å². The van der Waals surface area contributed by atoms with Crippen LogP contribution in [0.2, 0.25) is 0 Å². The number of hydrogen-bond donors (Lipinski definition) is 3. The summed E-state index contributed by atoms with van der Waals surface area (Å²) in [5, 5.41) is 17.5. The lowest BCUT2D eigenvalue weighted by molar-refractivity contribution is -0.695. The number of amides is 2. The summed E-state index contributed by atoms with van der Waals surface area (Å²) >= 11 is 2.53. The second kappa shape index (κ2) is 9.19. The highest BCUT2D eigenvalue weighted by molar-refractivity contribution is 8.00. The SMILES string of the molecule is CO/N=C(\C(=O)N[C@@H]1C(=O)N2C(C(=O)O)=C(C[n+]3ccccc3C)CS[C@H]12)c1csc(N)n1.